The molecular weight excluding hydrogens is 1300 g/mol. The molecule has 0 bridgehead atoms. The zero-order valence-corrected chi connectivity index (χ0v) is 57.9. The number of carbonyl (C=O) groups excluding carboxylic acids is 12. The van der Waals surface area contributed by atoms with Crippen LogP contribution in [0.25, 0.3) is 0 Å². The smallest absolute Gasteiger partial charge is 0.334 e. The predicted molar refractivity (Wildman–Crippen MR) is 361 cm³/mol. The lowest BCUT2D eigenvalue weighted by Crippen LogP contribution is -2.61. The maximum Gasteiger partial charge on any atom is 0.334 e. The van der Waals surface area contributed by atoms with Crippen molar-refractivity contribution in [2.24, 2.45) is 29.0 Å². The molecule has 3 rings (SSSR count). The number of rotatable bonds is 43. The van der Waals surface area contributed by atoms with Crippen molar-refractivity contribution >= 4 is 94.6 Å². The number of hydrogen-bond donors (Lipinski definition) is 17. The molecule has 544 valence electrons. The number of benzene rings is 2. The number of thioether (sulfide) groups is 1. The number of aliphatic carboxylic acids is 2. The maximum atomic E-state index is 14.2. The number of carbonyl (C=O) groups is 14. The van der Waals surface area contributed by atoms with Crippen LogP contribution in [0.15, 0.2) is 42.5 Å². The molecule has 1 aliphatic heterocycles. The highest BCUT2D eigenvalue weighted by Crippen LogP contribution is 2.24. The summed E-state index contributed by atoms with van der Waals surface area (Å²) < 4.78 is 5.68. The summed E-state index contributed by atoms with van der Waals surface area (Å²) in [5, 5.41) is 58.0. The first-order valence-corrected chi connectivity index (χ1v) is 34.2. The summed E-state index contributed by atoms with van der Waals surface area (Å²) in [5.74, 6) is -13.3. The van der Waals surface area contributed by atoms with E-state index in [4.69, 9.17) is 21.9 Å². The van der Waals surface area contributed by atoms with Gasteiger partial charge in [0.2, 0.25) is 65.0 Å². The van der Waals surface area contributed by atoms with E-state index >= 15 is 0 Å². The summed E-state index contributed by atoms with van der Waals surface area (Å²) in [7, 11) is 0. The maximum absolute atomic E-state index is 14.2. The molecule has 0 spiro atoms. The lowest BCUT2D eigenvalue weighted by atomic mass is 9.93. The average molecular weight is 1400 g/mol. The van der Waals surface area contributed by atoms with E-state index in [0.717, 1.165) is 5.56 Å². The van der Waals surface area contributed by atoms with Crippen molar-refractivity contribution < 1.29 is 87.2 Å². The van der Waals surface area contributed by atoms with Gasteiger partial charge in [0, 0.05) is 19.4 Å². The number of unbranched alkanes of at least 4 members (excludes halogenated alkanes) is 1. The number of hydrogen-bond acceptors (Lipinski definition) is 20. The molecule has 0 radical (unpaired) electrons. The number of fused-ring (bicyclic) bond motifs is 1. The van der Waals surface area contributed by atoms with Gasteiger partial charge >= 0.3 is 17.9 Å². The van der Waals surface area contributed by atoms with Crippen LogP contribution < -0.4 is 80.4 Å². The third kappa shape index (κ3) is 28.3. The van der Waals surface area contributed by atoms with Gasteiger partial charge in [-0.05, 0) is 143 Å². The Labute approximate surface area is 574 Å². The molecule has 1 aliphatic rings. The number of ether oxygens (including phenoxy) is 1. The van der Waals surface area contributed by atoms with Crippen LogP contribution in [0.3, 0.4) is 0 Å². The third-order valence-electron chi connectivity index (χ3n) is 16.3. The first-order chi connectivity index (χ1) is 46.2. The van der Waals surface area contributed by atoms with Crippen LogP contribution in [-0.2, 0) is 86.5 Å². The van der Waals surface area contributed by atoms with E-state index in [0.29, 0.717) is 42.6 Å². The van der Waals surface area contributed by atoms with Crippen molar-refractivity contribution in [3.05, 3.63) is 59.2 Å². The van der Waals surface area contributed by atoms with E-state index in [1.54, 1.807) is 59.7 Å². The zero-order valence-electron chi connectivity index (χ0n) is 57.0. The molecule has 1 unspecified atom stereocenters. The summed E-state index contributed by atoms with van der Waals surface area (Å²) in [6.07, 6.45) is 1.17. The number of primary amides is 1. The molecule has 0 saturated carbocycles. The van der Waals surface area contributed by atoms with Gasteiger partial charge in [-0.25, -0.2) is 4.79 Å². The second-order valence-corrected chi connectivity index (χ2v) is 25.7. The van der Waals surface area contributed by atoms with E-state index in [9.17, 15) is 82.4 Å². The standard InChI is InChI=1S/C65H100N14O18S/c1-10-34(6)53(79-60(91)47-30-38-18-21-41(29-39(38)32-69-47)97-65(96)46(24-26-98-9)75-57(88)42(67)11-2)64(95)74-45(22-23-51(81)82)58(89)70-36(8)56(87)76-48(27-33(4)5)62(93)78-50(31-52(83)84)63(94)73-44(15-13-14-25-66)59(90)77-49(28-37-16-19-40(80)20-17-37)61(92)71-35(7)55(86)72-43(12-3)54(68)85/h16-21,29,33-36,42-50,53,69,80H,10-15,22-28,30-32,66-67H2,1-9H3,(H2,68,85)(H,70,89)(H,71,92)(H,72,86)(H,73,94)(H,74,95)(H,75,88)(H,76,87)(H,77,90)(H,78,93)(H,79,91)(H,81,82)(H,83,84)/t34-,35-,36-,42-,43-,44-,45-,46+,47?,48-,49-,50-,53-/m0/s1. The van der Waals surface area contributed by atoms with Crippen molar-refractivity contribution in [3.63, 3.8) is 0 Å². The largest absolute Gasteiger partial charge is 0.508 e. The number of carboxylic acids is 2. The molecule has 98 heavy (non-hydrogen) atoms. The van der Waals surface area contributed by atoms with Crippen LogP contribution in [0, 0.1) is 11.8 Å². The van der Waals surface area contributed by atoms with Gasteiger partial charge in [0.1, 0.15) is 71.9 Å². The average Bonchev–Trinajstić information content (AvgIpc) is 0.827. The number of amides is 11. The molecule has 32 nitrogen and oxygen atoms in total. The predicted octanol–water partition coefficient (Wildman–Crippen LogP) is -1.61. The van der Waals surface area contributed by atoms with Crippen molar-refractivity contribution in [1.82, 2.24) is 58.5 Å². The fourth-order valence-corrected chi connectivity index (χ4v) is 10.6. The number of phenols is 1. The highest BCUT2D eigenvalue weighted by Gasteiger charge is 2.38. The van der Waals surface area contributed by atoms with Crippen LogP contribution in [-0.4, -0.2) is 189 Å². The quantitative estimate of drug-likeness (QED) is 0.0202. The number of nitrogens with two attached hydrogens (primary N) is 3. The number of esters is 1. The summed E-state index contributed by atoms with van der Waals surface area (Å²) in [6, 6.07) is -5.12. The number of carboxylic acid groups (broad SMARTS) is 2. The minimum Gasteiger partial charge on any atom is -0.508 e. The van der Waals surface area contributed by atoms with Crippen LogP contribution in [0.5, 0.6) is 11.5 Å². The molecule has 1 heterocycles. The van der Waals surface area contributed by atoms with Crippen LogP contribution in [0.1, 0.15) is 143 Å². The van der Waals surface area contributed by atoms with E-state index in [-0.39, 0.29) is 69.0 Å². The summed E-state index contributed by atoms with van der Waals surface area (Å²) in [4.78, 5) is 187. The van der Waals surface area contributed by atoms with E-state index in [1.165, 1.54) is 49.9 Å². The molecule has 33 heteroatoms. The monoisotopic (exact) mass is 1400 g/mol. The number of aromatic hydroxyl groups is 1. The molecule has 0 saturated heterocycles. The molecule has 13 atom stereocenters. The molecule has 2 aromatic rings. The lowest BCUT2D eigenvalue weighted by Gasteiger charge is -2.30. The molecule has 0 fully saturated rings. The molecule has 11 amide bonds. The van der Waals surface area contributed by atoms with Gasteiger partial charge in [-0.15, -0.1) is 0 Å². The third-order valence-corrected chi connectivity index (χ3v) is 16.9. The second-order valence-electron chi connectivity index (χ2n) is 24.7. The van der Waals surface area contributed by atoms with Gasteiger partial charge in [0.25, 0.3) is 0 Å². The van der Waals surface area contributed by atoms with Crippen LogP contribution >= 0.6 is 11.8 Å². The number of nitrogens with one attached hydrogen (secondary N) is 11. The van der Waals surface area contributed by atoms with Crippen molar-refractivity contribution in [2.75, 3.05) is 18.6 Å². The minimum atomic E-state index is -1.90. The Morgan fingerprint density at radius 1 is 0.582 bits per heavy atom. The van der Waals surface area contributed by atoms with Crippen molar-refractivity contribution in [1.29, 1.82) is 0 Å². The molecule has 0 aromatic heterocycles. The molecule has 20 N–H and O–H groups in total. The Morgan fingerprint density at radius 3 is 1.68 bits per heavy atom. The van der Waals surface area contributed by atoms with E-state index in [2.05, 4.69) is 58.5 Å². The highest BCUT2D eigenvalue weighted by atomic mass is 32.2. The van der Waals surface area contributed by atoms with E-state index in [1.807, 2.05) is 6.26 Å². The second kappa shape index (κ2) is 42.0. The van der Waals surface area contributed by atoms with Crippen molar-refractivity contribution in [2.45, 2.75) is 218 Å². The molecule has 0 aliphatic carbocycles. The van der Waals surface area contributed by atoms with Crippen LogP contribution in [0.2, 0.25) is 0 Å². The molecule has 2 aromatic carbocycles. The Balaban J connectivity index is 1.80. The first kappa shape index (κ1) is 83.3. The fraction of sp³-hybridized carbons (Fsp3) is 0.600. The van der Waals surface area contributed by atoms with Gasteiger partial charge in [0.05, 0.1) is 18.5 Å². The van der Waals surface area contributed by atoms with Gasteiger partial charge < -0.3 is 95.7 Å². The Morgan fingerprint density at radius 2 is 1.12 bits per heavy atom. The van der Waals surface area contributed by atoms with Gasteiger partial charge in [0.15, 0.2) is 0 Å². The summed E-state index contributed by atoms with van der Waals surface area (Å²) in [5.41, 5.74) is 18.9. The summed E-state index contributed by atoms with van der Waals surface area (Å²) in [6.45, 7) is 13.0. The Bertz CT molecular complexity index is 3100. The minimum absolute atomic E-state index is 0.104. The Kier molecular flexibility index (Phi) is 35.7. The fourth-order valence-electron chi connectivity index (χ4n) is 10.1. The normalized spacial score (nSPS) is 16.2. The SMILES string of the molecule is CC[C@H](NC(=O)[C@H](C)NC(=O)[C@H](Cc1ccc(O)cc1)NC(=O)[C@H](CCCCN)NC(=O)[C@H](CC(=O)O)NC(=O)[C@H](CC(C)C)NC(=O)[C@H](C)NC(=O)[C@H](CCC(=O)O)NC(=O)[C@@H](NC(=O)C1Cc2ccc(OC(=O)[C@@H](CCSC)NC(=O)[C@@H](N)CC)cc2CN1)[C@@H](C)CC)C(N)=O. The number of phenolic OH excluding ortho intramolecular Hbond substituents is 1. The van der Waals surface area contributed by atoms with Crippen molar-refractivity contribution in [3.8, 4) is 11.5 Å². The Hall–Kier alpha value is -8.95. The van der Waals surface area contributed by atoms with Crippen LogP contribution in [0.4, 0.5) is 0 Å². The highest BCUT2D eigenvalue weighted by molar-refractivity contribution is 7.98. The topological polar surface area (TPSA) is 519 Å². The lowest BCUT2D eigenvalue weighted by molar-refractivity contribution is -0.141. The summed E-state index contributed by atoms with van der Waals surface area (Å²) >= 11 is 1.49. The van der Waals surface area contributed by atoms with Gasteiger partial charge in [-0.1, -0.05) is 66.2 Å². The zero-order chi connectivity index (χ0) is 73.5. The first-order valence-electron chi connectivity index (χ1n) is 32.8. The van der Waals surface area contributed by atoms with Gasteiger partial charge in [-0.2, -0.15) is 11.8 Å². The molecular formula is C65H100N14O18S. The van der Waals surface area contributed by atoms with Gasteiger partial charge in [-0.3, -0.25) is 62.3 Å². The van der Waals surface area contributed by atoms with E-state index < -0.39 is 181 Å².